The summed E-state index contributed by atoms with van der Waals surface area (Å²) >= 11 is 6.13. The van der Waals surface area contributed by atoms with Crippen LogP contribution in [0.4, 0.5) is 0 Å². The molecule has 0 N–H and O–H groups in total. The minimum absolute atomic E-state index is 0.0123. The number of rotatable bonds is 22. The van der Waals surface area contributed by atoms with Gasteiger partial charge in [0.05, 0.1) is 13.2 Å². The Balaban J connectivity index is 1.37. The van der Waals surface area contributed by atoms with E-state index in [9.17, 15) is 14.4 Å². The molecule has 47 heavy (non-hydrogen) atoms. The number of ether oxygens (including phenoxy) is 2. The number of hydrogen-bond donors (Lipinski definition) is 0. The van der Waals surface area contributed by atoms with Crippen LogP contribution in [0.15, 0.2) is 71.0 Å². The zero-order valence-electron chi connectivity index (χ0n) is 29.0. The number of carbonyl (C=O) groups excluding carboxylic acids is 3. The van der Waals surface area contributed by atoms with Crippen LogP contribution in [-0.2, 0) is 14.3 Å². The summed E-state index contributed by atoms with van der Waals surface area (Å²) in [6, 6.07) is 7.16. The molecule has 1 aromatic carbocycles. The first-order valence-electron chi connectivity index (χ1n) is 18.3. The lowest BCUT2D eigenvalue weighted by atomic mass is 9.72. The van der Waals surface area contributed by atoms with Crippen LogP contribution in [-0.4, -0.2) is 30.7 Å². The molecule has 0 amide bonds. The Morgan fingerprint density at radius 3 is 1.89 bits per heavy atom. The fourth-order valence-corrected chi connectivity index (χ4v) is 6.84. The highest BCUT2D eigenvalue weighted by Gasteiger charge is 2.38. The molecule has 0 unspecified atom stereocenters. The molecule has 0 saturated heterocycles. The maximum Gasteiger partial charge on any atom is 0.305 e. The summed E-state index contributed by atoms with van der Waals surface area (Å²) in [5.74, 6) is 0.373. The third kappa shape index (κ3) is 12.9. The van der Waals surface area contributed by atoms with Gasteiger partial charge < -0.3 is 9.47 Å². The van der Waals surface area contributed by atoms with E-state index in [1.165, 1.54) is 51.4 Å². The Morgan fingerprint density at radius 1 is 0.809 bits per heavy atom. The number of unbranched alkanes of at least 4 members (excludes halogenated alkanes) is 12. The molecular formula is C41H57ClO5. The largest absolute Gasteiger partial charge is 0.489 e. The summed E-state index contributed by atoms with van der Waals surface area (Å²) < 4.78 is 11.2. The Labute approximate surface area is 288 Å². The maximum atomic E-state index is 13.7. The summed E-state index contributed by atoms with van der Waals surface area (Å²) in [6.45, 7) is 8.95. The molecule has 0 aliphatic heterocycles. The SMILES string of the molecule is C=C(/C=C\C(Cl)=C/C)C1CCC(C2=C(OCCCCCCCCCCCCCCCC(=O)OCC)C(=O)c3ccccc3C2=O)CC1. The average molecular weight is 665 g/mol. The van der Waals surface area contributed by atoms with Crippen molar-refractivity contribution >= 4 is 29.1 Å². The maximum absolute atomic E-state index is 13.7. The van der Waals surface area contributed by atoms with E-state index in [-0.39, 0.29) is 29.2 Å². The van der Waals surface area contributed by atoms with Crippen LogP contribution in [0.2, 0.25) is 0 Å². The van der Waals surface area contributed by atoms with Gasteiger partial charge in [-0.25, -0.2) is 0 Å². The van der Waals surface area contributed by atoms with Crippen LogP contribution in [0.25, 0.3) is 0 Å². The highest BCUT2D eigenvalue weighted by atomic mass is 35.5. The molecule has 1 fully saturated rings. The van der Waals surface area contributed by atoms with E-state index in [1.807, 2.05) is 44.2 Å². The van der Waals surface area contributed by atoms with E-state index in [0.717, 1.165) is 63.4 Å². The smallest absolute Gasteiger partial charge is 0.305 e. The number of fused-ring (bicyclic) bond motifs is 1. The number of hydrogen-bond acceptors (Lipinski definition) is 5. The first-order chi connectivity index (χ1) is 22.9. The Bertz CT molecular complexity index is 1260. The van der Waals surface area contributed by atoms with E-state index in [4.69, 9.17) is 21.1 Å². The van der Waals surface area contributed by atoms with Gasteiger partial charge in [0.15, 0.2) is 11.5 Å². The summed E-state index contributed by atoms with van der Waals surface area (Å²) in [5, 5.41) is 0.691. The minimum Gasteiger partial charge on any atom is -0.489 e. The molecule has 2 aliphatic rings. The topological polar surface area (TPSA) is 69.7 Å². The second-order valence-electron chi connectivity index (χ2n) is 13.1. The second-order valence-corrected chi connectivity index (χ2v) is 13.5. The zero-order chi connectivity index (χ0) is 33.9. The molecule has 0 atom stereocenters. The van der Waals surface area contributed by atoms with Gasteiger partial charge in [-0.1, -0.05) is 131 Å². The number of allylic oxidation sites excluding steroid dienone is 7. The van der Waals surface area contributed by atoms with Gasteiger partial charge in [0, 0.05) is 28.2 Å². The molecule has 0 heterocycles. The molecule has 0 bridgehead atoms. The molecule has 258 valence electrons. The lowest BCUT2D eigenvalue weighted by Gasteiger charge is -2.32. The molecule has 0 spiro atoms. The monoisotopic (exact) mass is 664 g/mol. The van der Waals surface area contributed by atoms with Gasteiger partial charge in [-0.3, -0.25) is 14.4 Å². The van der Waals surface area contributed by atoms with Crippen molar-refractivity contribution in [3.05, 3.63) is 82.1 Å². The molecule has 0 aromatic heterocycles. The van der Waals surface area contributed by atoms with Gasteiger partial charge in [0.25, 0.3) is 0 Å². The highest BCUT2D eigenvalue weighted by molar-refractivity contribution is 6.31. The number of halogens is 1. The quantitative estimate of drug-likeness (QED) is 0.0700. The number of carbonyl (C=O) groups is 3. The third-order valence-corrected chi connectivity index (χ3v) is 9.93. The molecule has 6 heteroatoms. The fourth-order valence-electron chi connectivity index (χ4n) is 6.78. The predicted molar refractivity (Wildman–Crippen MR) is 193 cm³/mol. The molecule has 0 radical (unpaired) electrons. The van der Waals surface area contributed by atoms with Gasteiger partial charge in [-0.05, 0) is 70.3 Å². The highest BCUT2D eigenvalue weighted by Crippen LogP contribution is 2.41. The zero-order valence-corrected chi connectivity index (χ0v) is 29.7. The Morgan fingerprint density at radius 2 is 1.34 bits per heavy atom. The number of esters is 1. The van der Waals surface area contributed by atoms with Crippen LogP contribution < -0.4 is 0 Å². The van der Waals surface area contributed by atoms with Gasteiger partial charge in [0.1, 0.15) is 0 Å². The van der Waals surface area contributed by atoms with Crippen molar-refractivity contribution in [1.29, 1.82) is 0 Å². The fraction of sp³-hybridized carbons (Fsp3) is 0.585. The van der Waals surface area contributed by atoms with E-state index >= 15 is 0 Å². The van der Waals surface area contributed by atoms with Crippen LogP contribution in [0.5, 0.6) is 0 Å². The van der Waals surface area contributed by atoms with E-state index in [1.54, 1.807) is 12.1 Å². The number of ketones is 2. The van der Waals surface area contributed by atoms with Crippen molar-refractivity contribution in [3.8, 4) is 0 Å². The molecular weight excluding hydrogens is 608 g/mol. The van der Waals surface area contributed by atoms with Crippen LogP contribution in [0.3, 0.4) is 0 Å². The van der Waals surface area contributed by atoms with Crippen molar-refractivity contribution in [2.75, 3.05) is 13.2 Å². The summed E-state index contributed by atoms with van der Waals surface area (Å²) in [4.78, 5) is 38.7. The molecule has 3 rings (SSSR count). The third-order valence-electron chi connectivity index (χ3n) is 9.58. The first kappa shape index (κ1) is 38.5. The summed E-state index contributed by atoms with van der Waals surface area (Å²) in [5.41, 5.74) is 2.60. The van der Waals surface area contributed by atoms with Gasteiger partial charge in [-0.2, -0.15) is 0 Å². The molecule has 1 aromatic rings. The molecule has 2 aliphatic carbocycles. The summed E-state index contributed by atoms with van der Waals surface area (Å²) in [7, 11) is 0. The average Bonchev–Trinajstić information content (AvgIpc) is 3.09. The van der Waals surface area contributed by atoms with Crippen molar-refractivity contribution in [2.24, 2.45) is 11.8 Å². The second kappa shape index (κ2) is 21.9. The molecule has 1 saturated carbocycles. The Kier molecular flexibility index (Phi) is 17.9. The standard InChI is InChI=1S/C41H57ClO5/c1-4-34(42)29-24-31(3)32-25-27-33(28-26-32)38-39(44)35-21-18-19-22-36(35)40(45)41(38)47-30-20-16-14-12-10-8-6-7-9-11-13-15-17-23-37(43)46-5-2/h4,18-19,21-22,24,29,32-33H,3,5-17,20,23,25-28,30H2,1-2H3/b29-24-,34-4+. The van der Waals surface area contributed by atoms with E-state index in [0.29, 0.717) is 47.3 Å². The predicted octanol–water partition coefficient (Wildman–Crippen LogP) is 11.4. The molecule has 5 nitrogen and oxygen atoms in total. The Hall–Kier alpha value is -2.92. The van der Waals surface area contributed by atoms with Crippen molar-refractivity contribution in [3.63, 3.8) is 0 Å². The summed E-state index contributed by atoms with van der Waals surface area (Å²) in [6.07, 6.45) is 25.0. The van der Waals surface area contributed by atoms with Crippen LogP contribution >= 0.6 is 11.6 Å². The first-order valence-corrected chi connectivity index (χ1v) is 18.6. The van der Waals surface area contributed by atoms with Gasteiger partial charge in [0.2, 0.25) is 5.78 Å². The minimum atomic E-state index is -0.151. The number of Topliss-reactive ketones (excluding diaryl/α,β-unsaturated/α-hetero) is 2. The lowest BCUT2D eigenvalue weighted by molar-refractivity contribution is -0.143. The van der Waals surface area contributed by atoms with Crippen molar-refractivity contribution in [1.82, 2.24) is 0 Å². The van der Waals surface area contributed by atoms with Gasteiger partial charge >= 0.3 is 5.97 Å². The van der Waals surface area contributed by atoms with Crippen molar-refractivity contribution in [2.45, 2.75) is 129 Å². The number of benzene rings is 1. The van der Waals surface area contributed by atoms with Crippen molar-refractivity contribution < 1.29 is 23.9 Å². The van der Waals surface area contributed by atoms with E-state index < -0.39 is 0 Å². The van der Waals surface area contributed by atoms with Gasteiger partial charge in [-0.15, -0.1) is 0 Å². The van der Waals surface area contributed by atoms with Crippen LogP contribution in [0.1, 0.15) is 150 Å². The van der Waals surface area contributed by atoms with Crippen LogP contribution in [0, 0.1) is 11.8 Å². The normalized spacial score (nSPS) is 18.5. The lowest BCUT2D eigenvalue weighted by Crippen LogP contribution is -2.30. The van der Waals surface area contributed by atoms with E-state index in [2.05, 4.69) is 6.58 Å².